The maximum Gasteiger partial charge on any atom is 0.327 e. The largest absolute Gasteiger partial charge is 0.480 e. The summed E-state index contributed by atoms with van der Waals surface area (Å²) >= 11 is 1.39. The number of aliphatic carboxylic acids is 1. The predicted molar refractivity (Wildman–Crippen MR) is 59.0 cm³/mol. The van der Waals surface area contributed by atoms with Crippen LogP contribution in [0.2, 0.25) is 0 Å². The molecule has 0 aromatic rings. The number of aliphatic hydroxyl groups is 1. The molecule has 2 unspecified atom stereocenters. The van der Waals surface area contributed by atoms with E-state index in [4.69, 9.17) is 0 Å². The maximum absolute atomic E-state index is 11.6. The van der Waals surface area contributed by atoms with E-state index in [-0.39, 0.29) is 12.3 Å². The molecule has 2 aliphatic heterocycles. The number of carboxylic acids is 1. The SMILES string of the molecule is CC(O)C12CC(=O)N1[C@@H](C(=O)O)C(C)(C)S2. The van der Waals surface area contributed by atoms with Gasteiger partial charge in [0.25, 0.3) is 0 Å². The summed E-state index contributed by atoms with van der Waals surface area (Å²) in [7, 11) is 0. The van der Waals surface area contributed by atoms with Crippen LogP contribution in [0.1, 0.15) is 27.2 Å². The molecule has 1 amide bonds. The number of carbonyl (C=O) groups excluding carboxylic acids is 1. The lowest BCUT2D eigenvalue weighted by Gasteiger charge is -2.49. The average molecular weight is 245 g/mol. The highest BCUT2D eigenvalue weighted by atomic mass is 32.2. The Balaban J connectivity index is 2.43. The maximum atomic E-state index is 11.6. The molecule has 5 nitrogen and oxygen atoms in total. The molecule has 0 bridgehead atoms. The van der Waals surface area contributed by atoms with Crippen LogP contribution in [0.25, 0.3) is 0 Å². The number of carbonyl (C=O) groups is 2. The van der Waals surface area contributed by atoms with Crippen molar-refractivity contribution in [3.8, 4) is 0 Å². The number of fused-ring (bicyclic) bond motifs is 1. The van der Waals surface area contributed by atoms with Crippen molar-refractivity contribution < 1.29 is 19.8 Å². The molecule has 0 aliphatic carbocycles. The third-order valence-corrected chi connectivity index (χ3v) is 5.11. The molecular weight excluding hydrogens is 230 g/mol. The van der Waals surface area contributed by atoms with Crippen LogP contribution in [-0.4, -0.2) is 48.8 Å². The van der Waals surface area contributed by atoms with E-state index in [1.165, 1.54) is 16.7 Å². The fourth-order valence-electron chi connectivity index (χ4n) is 2.62. The van der Waals surface area contributed by atoms with Crippen LogP contribution < -0.4 is 0 Å². The third kappa shape index (κ3) is 1.23. The van der Waals surface area contributed by atoms with E-state index < -0.39 is 27.7 Å². The molecule has 2 N–H and O–H groups in total. The van der Waals surface area contributed by atoms with Crippen LogP contribution in [0.5, 0.6) is 0 Å². The molecule has 2 saturated heterocycles. The molecular formula is C10H15NO4S. The van der Waals surface area contributed by atoms with Gasteiger partial charge in [-0.15, -0.1) is 11.8 Å². The first-order valence-electron chi connectivity index (χ1n) is 5.15. The van der Waals surface area contributed by atoms with Crippen molar-refractivity contribution in [1.29, 1.82) is 0 Å². The van der Waals surface area contributed by atoms with Gasteiger partial charge < -0.3 is 15.1 Å². The Hall–Kier alpha value is -0.750. The van der Waals surface area contributed by atoms with Gasteiger partial charge in [0.15, 0.2) is 0 Å². The molecule has 3 atom stereocenters. The van der Waals surface area contributed by atoms with E-state index in [1.54, 1.807) is 20.8 Å². The molecule has 0 radical (unpaired) electrons. The van der Waals surface area contributed by atoms with Crippen LogP contribution in [0.4, 0.5) is 0 Å². The van der Waals surface area contributed by atoms with Crippen LogP contribution in [0, 0.1) is 0 Å². The molecule has 0 aromatic carbocycles. The summed E-state index contributed by atoms with van der Waals surface area (Å²) in [6, 6.07) is -0.853. The highest BCUT2D eigenvalue weighted by Crippen LogP contribution is 2.59. The summed E-state index contributed by atoms with van der Waals surface area (Å²) in [5.74, 6) is -1.19. The van der Waals surface area contributed by atoms with Gasteiger partial charge in [-0.3, -0.25) is 4.79 Å². The molecule has 6 heteroatoms. The van der Waals surface area contributed by atoms with Crippen LogP contribution in [-0.2, 0) is 9.59 Å². The second kappa shape index (κ2) is 3.13. The first kappa shape index (κ1) is 11.7. The van der Waals surface area contributed by atoms with Gasteiger partial charge in [-0.25, -0.2) is 4.79 Å². The second-order valence-electron chi connectivity index (χ2n) is 4.91. The second-order valence-corrected chi connectivity index (χ2v) is 6.87. The fourth-order valence-corrected chi connectivity index (χ4v) is 4.52. The van der Waals surface area contributed by atoms with Crippen molar-refractivity contribution in [2.24, 2.45) is 0 Å². The highest BCUT2D eigenvalue weighted by Gasteiger charge is 2.69. The molecule has 2 fully saturated rings. The first-order valence-corrected chi connectivity index (χ1v) is 5.97. The Morgan fingerprint density at radius 2 is 2.19 bits per heavy atom. The Morgan fingerprint density at radius 1 is 1.62 bits per heavy atom. The molecule has 0 saturated carbocycles. The van der Waals surface area contributed by atoms with Crippen LogP contribution in [0.15, 0.2) is 0 Å². The molecule has 2 heterocycles. The van der Waals surface area contributed by atoms with E-state index in [2.05, 4.69) is 0 Å². The minimum atomic E-state index is -1.01. The van der Waals surface area contributed by atoms with Gasteiger partial charge in [0, 0.05) is 4.75 Å². The first-order chi connectivity index (χ1) is 7.22. The number of β-lactam (4-membered cyclic amide) rings is 1. The zero-order valence-electron chi connectivity index (χ0n) is 9.43. The highest BCUT2D eigenvalue weighted by molar-refractivity contribution is 8.02. The molecule has 0 aromatic heterocycles. The Morgan fingerprint density at radius 3 is 2.56 bits per heavy atom. The normalized spacial score (nSPS) is 37.9. The topological polar surface area (TPSA) is 77.8 Å². The molecule has 2 rings (SSSR count). The number of amides is 1. The van der Waals surface area contributed by atoms with Crippen LogP contribution >= 0.6 is 11.8 Å². The summed E-state index contributed by atoms with van der Waals surface area (Å²) in [6.07, 6.45) is -0.499. The smallest absolute Gasteiger partial charge is 0.327 e. The van der Waals surface area contributed by atoms with Gasteiger partial charge in [-0.1, -0.05) is 0 Å². The van der Waals surface area contributed by atoms with Gasteiger partial charge in [0.2, 0.25) is 5.91 Å². The van der Waals surface area contributed by atoms with E-state index in [9.17, 15) is 19.8 Å². The summed E-state index contributed by atoms with van der Waals surface area (Å²) in [4.78, 5) is 23.4. The molecule has 16 heavy (non-hydrogen) atoms. The minimum Gasteiger partial charge on any atom is -0.480 e. The summed E-state index contributed by atoms with van der Waals surface area (Å²) in [6.45, 7) is 5.20. The van der Waals surface area contributed by atoms with E-state index >= 15 is 0 Å². The van der Waals surface area contributed by atoms with Crippen LogP contribution in [0.3, 0.4) is 0 Å². The number of hydrogen-bond donors (Lipinski definition) is 2. The number of nitrogens with zero attached hydrogens (tertiary/aromatic N) is 1. The monoisotopic (exact) mass is 245 g/mol. The van der Waals surface area contributed by atoms with E-state index in [0.29, 0.717) is 0 Å². The van der Waals surface area contributed by atoms with Crippen molar-refractivity contribution in [1.82, 2.24) is 4.90 Å². The summed E-state index contributed by atoms with van der Waals surface area (Å²) in [5, 5.41) is 19.0. The quantitative estimate of drug-likeness (QED) is 0.683. The van der Waals surface area contributed by atoms with E-state index in [1.807, 2.05) is 0 Å². The zero-order valence-corrected chi connectivity index (χ0v) is 10.2. The van der Waals surface area contributed by atoms with Gasteiger partial charge >= 0.3 is 5.97 Å². The lowest BCUT2D eigenvalue weighted by molar-refractivity contribution is -0.168. The van der Waals surface area contributed by atoms with Gasteiger partial charge in [-0.05, 0) is 20.8 Å². The van der Waals surface area contributed by atoms with E-state index in [0.717, 1.165) is 0 Å². The van der Waals surface area contributed by atoms with Crippen molar-refractivity contribution in [2.45, 2.75) is 49.0 Å². The van der Waals surface area contributed by atoms with Gasteiger partial charge in [0.05, 0.1) is 12.5 Å². The molecule has 0 spiro atoms. The Kier molecular flexibility index (Phi) is 2.30. The zero-order chi connectivity index (χ0) is 12.3. The fraction of sp³-hybridized carbons (Fsp3) is 0.800. The molecule has 2 aliphatic rings. The third-order valence-electron chi connectivity index (χ3n) is 3.32. The lowest BCUT2D eigenvalue weighted by atomic mass is 9.90. The van der Waals surface area contributed by atoms with Crippen molar-refractivity contribution >= 4 is 23.6 Å². The number of rotatable bonds is 2. The van der Waals surface area contributed by atoms with Crippen molar-refractivity contribution in [3.63, 3.8) is 0 Å². The van der Waals surface area contributed by atoms with Crippen molar-refractivity contribution in [2.75, 3.05) is 0 Å². The summed E-state index contributed by atoms with van der Waals surface area (Å²) < 4.78 is -0.574. The van der Waals surface area contributed by atoms with Gasteiger partial charge in [-0.2, -0.15) is 0 Å². The van der Waals surface area contributed by atoms with Crippen molar-refractivity contribution in [3.05, 3.63) is 0 Å². The lowest BCUT2D eigenvalue weighted by Crippen LogP contribution is -2.67. The van der Waals surface area contributed by atoms with Gasteiger partial charge in [0.1, 0.15) is 10.9 Å². The number of aliphatic hydroxyl groups excluding tert-OH is 1. The number of carboxylic acid groups (broad SMARTS) is 1. The predicted octanol–water partition coefficient (Wildman–Crippen LogP) is 0.274. The Bertz CT molecular complexity index is 368. The molecule has 90 valence electrons. The Labute approximate surface area is 97.8 Å². The summed E-state index contributed by atoms with van der Waals surface area (Å²) in [5.41, 5.74) is 0. The number of hydrogen-bond acceptors (Lipinski definition) is 4. The standard InChI is InChI=1S/C10H15NO4S/c1-5(12)10-4-6(13)11(10)7(8(14)15)9(2,3)16-10/h5,7,12H,4H2,1-3H3,(H,14,15)/t5?,7-,10?/m0/s1. The number of thioether (sulfide) groups is 1. The average Bonchev–Trinajstić information content (AvgIpc) is 2.30. The minimum absolute atomic E-state index is 0.189.